The molecule has 0 fully saturated rings. The summed E-state index contributed by atoms with van der Waals surface area (Å²) in [6.45, 7) is 6.55. The molecule has 0 aromatic heterocycles. The van der Waals surface area contributed by atoms with Crippen molar-refractivity contribution in [2.24, 2.45) is 0 Å². The standard InChI is InChI=1S/C76H134O6/c1-4-7-10-13-16-19-22-25-28-31-34-37-38-40-42-45-48-51-54-57-60-63-66-69-75(78)81-72-73(71-80-74(77)68-65-62-59-56-53-50-47-44-41-36-33-30-27-24-21-18-15-12-9-6-3)82-76(79)70-67-64-61-58-55-52-49-46-43-39-35-32-29-26-23-20-17-14-11-8-5-2/h8,11,17,20,26,29,31,34-35,39,46,49,55,58,73H,4-7,9-10,12-16,18-19,21-25,27-28,30,32-33,36-38,40-45,47-48,50-54,56-57,59-72H2,1-3H3/b11-8-,20-17-,29-26-,34-31-,39-35-,49-46-,58-55-. The minimum absolute atomic E-state index is 0.0909. The van der Waals surface area contributed by atoms with E-state index >= 15 is 0 Å². The molecular weight excluding hydrogens is 1010 g/mol. The molecule has 0 rings (SSSR count). The third-order valence-corrected chi connectivity index (χ3v) is 15.6. The first-order valence-corrected chi connectivity index (χ1v) is 35.6. The van der Waals surface area contributed by atoms with E-state index in [4.69, 9.17) is 14.2 Å². The quantitative estimate of drug-likeness (QED) is 0.0261. The first kappa shape index (κ1) is 78.6. The molecule has 0 saturated heterocycles. The summed E-state index contributed by atoms with van der Waals surface area (Å²) in [6.07, 6.45) is 93.2. The van der Waals surface area contributed by atoms with Crippen molar-refractivity contribution in [1.82, 2.24) is 0 Å². The molecule has 0 aliphatic heterocycles. The lowest BCUT2D eigenvalue weighted by molar-refractivity contribution is -0.167. The second-order valence-corrected chi connectivity index (χ2v) is 23.8. The van der Waals surface area contributed by atoms with Gasteiger partial charge >= 0.3 is 17.9 Å². The van der Waals surface area contributed by atoms with Gasteiger partial charge in [-0.05, 0) is 96.3 Å². The van der Waals surface area contributed by atoms with Gasteiger partial charge in [0.2, 0.25) is 0 Å². The first-order valence-electron chi connectivity index (χ1n) is 35.6. The first-order chi connectivity index (χ1) is 40.5. The minimum Gasteiger partial charge on any atom is -0.462 e. The van der Waals surface area contributed by atoms with Gasteiger partial charge in [0.15, 0.2) is 6.10 Å². The lowest BCUT2D eigenvalue weighted by Gasteiger charge is -2.18. The van der Waals surface area contributed by atoms with E-state index in [9.17, 15) is 14.4 Å². The second kappa shape index (κ2) is 70.1. The highest BCUT2D eigenvalue weighted by molar-refractivity contribution is 5.71. The molecule has 0 aromatic carbocycles. The van der Waals surface area contributed by atoms with Crippen LogP contribution in [0.2, 0.25) is 0 Å². The largest absolute Gasteiger partial charge is 0.462 e. The van der Waals surface area contributed by atoms with Crippen LogP contribution >= 0.6 is 0 Å². The van der Waals surface area contributed by atoms with Gasteiger partial charge in [-0.15, -0.1) is 0 Å². The van der Waals surface area contributed by atoms with Crippen LogP contribution in [-0.4, -0.2) is 37.2 Å². The number of esters is 3. The molecule has 0 spiro atoms. The van der Waals surface area contributed by atoms with Gasteiger partial charge in [0.1, 0.15) is 13.2 Å². The molecule has 0 saturated carbocycles. The van der Waals surface area contributed by atoms with Crippen molar-refractivity contribution >= 4 is 17.9 Å². The molecule has 474 valence electrons. The Morgan fingerprint density at radius 2 is 0.476 bits per heavy atom. The van der Waals surface area contributed by atoms with Gasteiger partial charge in [-0.25, -0.2) is 0 Å². The van der Waals surface area contributed by atoms with E-state index in [1.165, 1.54) is 225 Å². The fourth-order valence-corrected chi connectivity index (χ4v) is 10.3. The monoisotopic (exact) mass is 1140 g/mol. The molecule has 82 heavy (non-hydrogen) atoms. The van der Waals surface area contributed by atoms with Gasteiger partial charge in [-0.3, -0.25) is 14.4 Å². The Morgan fingerprint density at radius 3 is 0.780 bits per heavy atom. The molecule has 6 nitrogen and oxygen atoms in total. The maximum Gasteiger partial charge on any atom is 0.306 e. The van der Waals surface area contributed by atoms with E-state index in [0.29, 0.717) is 19.3 Å². The zero-order valence-electron chi connectivity index (χ0n) is 54.5. The number of hydrogen-bond donors (Lipinski definition) is 0. The minimum atomic E-state index is -0.801. The molecule has 0 N–H and O–H groups in total. The van der Waals surface area contributed by atoms with Gasteiger partial charge in [-0.1, -0.05) is 331 Å². The highest BCUT2D eigenvalue weighted by atomic mass is 16.6. The Hall–Kier alpha value is -3.41. The van der Waals surface area contributed by atoms with Gasteiger partial charge < -0.3 is 14.2 Å². The lowest BCUT2D eigenvalue weighted by atomic mass is 10.0. The highest BCUT2D eigenvalue weighted by Crippen LogP contribution is 2.18. The number of unbranched alkanes of at least 4 members (excludes halogenated alkanes) is 40. The van der Waals surface area contributed by atoms with Crippen LogP contribution in [0.1, 0.15) is 361 Å². The Bertz CT molecular complexity index is 1550. The number of allylic oxidation sites excluding steroid dienone is 14. The fourth-order valence-electron chi connectivity index (χ4n) is 10.3. The van der Waals surface area contributed by atoms with Crippen LogP contribution in [0.25, 0.3) is 0 Å². The van der Waals surface area contributed by atoms with E-state index in [0.717, 1.165) is 89.9 Å². The van der Waals surface area contributed by atoms with Gasteiger partial charge in [0, 0.05) is 19.3 Å². The van der Waals surface area contributed by atoms with E-state index in [1.807, 2.05) is 0 Å². The topological polar surface area (TPSA) is 78.9 Å². The van der Waals surface area contributed by atoms with Crippen LogP contribution in [0.15, 0.2) is 85.1 Å². The van der Waals surface area contributed by atoms with Crippen LogP contribution in [0.3, 0.4) is 0 Å². The Morgan fingerprint density at radius 1 is 0.256 bits per heavy atom. The van der Waals surface area contributed by atoms with Crippen molar-refractivity contribution in [1.29, 1.82) is 0 Å². The number of carbonyl (C=O) groups excluding carboxylic acids is 3. The summed E-state index contributed by atoms with van der Waals surface area (Å²) in [5.41, 5.74) is 0. The van der Waals surface area contributed by atoms with Gasteiger partial charge in [-0.2, -0.15) is 0 Å². The lowest BCUT2D eigenvalue weighted by Crippen LogP contribution is -2.30. The van der Waals surface area contributed by atoms with Crippen molar-refractivity contribution in [3.05, 3.63) is 85.1 Å². The Balaban J connectivity index is 4.41. The molecule has 0 aliphatic rings. The number of carbonyl (C=O) groups is 3. The summed E-state index contributed by atoms with van der Waals surface area (Å²) in [7, 11) is 0. The van der Waals surface area contributed by atoms with E-state index in [2.05, 4.69) is 106 Å². The van der Waals surface area contributed by atoms with Crippen molar-refractivity contribution in [2.45, 2.75) is 367 Å². The molecule has 0 amide bonds. The molecule has 0 radical (unpaired) electrons. The summed E-state index contributed by atoms with van der Waals surface area (Å²) >= 11 is 0. The van der Waals surface area contributed by atoms with E-state index in [1.54, 1.807) is 0 Å². The summed E-state index contributed by atoms with van der Waals surface area (Å²) in [6, 6.07) is 0. The van der Waals surface area contributed by atoms with E-state index < -0.39 is 6.10 Å². The molecule has 1 unspecified atom stereocenters. The third-order valence-electron chi connectivity index (χ3n) is 15.6. The normalized spacial score (nSPS) is 12.6. The molecule has 6 heteroatoms. The number of hydrogen-bond acceptors (Lipinski definition) is 6. The maximum atomic E-state index is 12.9. The van der Waals surface area contributed by atoms with Gasteiger partial charge in [0.25, 0.3) is 0 Å². The van der Waals surface area contributed by atoms with Gasteiger partial charge in [0.05, 0.1) is 0 Å². The van der Waals surface area contributed by atoms with Crippen LogP contribution in [-0.2, 0) is 28.6 Å². The Labute approximate surface area is 509 Å². The van der Waals surface area contributed by atoms with Crippen molar-refractivity contribution in [3.63, 3.8) is 0 Å². The smallest absolute Gasteiger partial charge is 0.306 e. The Kier molecular flexibility index (Phi) is 67.2. The zero-order chi connectivity index (χ0) is 59.2. The van der Waals surface area contributed by atoms with E-state index in [-0.39, 0.29) is 37.5 Å². The average molecular weight is 1140 g/mol. The van der Waals surface area contributed by atoms with Crippen LogP contribution in [0.4, 0.5) is 0 Å². The summed E-state index contributed by atoms with van der Waals surface area (Å²) < 4.78 is 17.0. The fraction of sp³-hybridized carbons (Fsp3) is 0.776. The molecular formula is C76H134O6. The number of rotatable bonds is 65. The summed E-state index contributed by atoms with van der Waals surface area (Å²) in [4.78, 5) is 38.5. The van der Waals surface area contributed by atoms with Crippen molar-refractivity contribution < 1.29 is 28.6 Å². The number of ether oxygens (including phenoxy) is 3. The molecule has 1 atom stereocenters. The van der Waals surface area contributed by atoms with Crippen molar-refractivity contribution in [2.75, 3.05) is 13.2 Å². The summed E-state index contributed by atoms with van der Waals surface area (Å²) in [5, 5.41) is 0. The maximum absolute atomic E-state index is 12.9. The highest BCUT2D eigenvalue weighted by Gasteiger charge is 2.19. The van der Waals surface area contributed by atoms with Crippen LogP contribution in [0, 0.1) is 0 Å². The SMILES string of the molecule is CC/C=C\C/C=C\C/C=C\C/C=C\C/C=C\C/C=C\CCCCC(=O)OC(COC(=O)CCCCCCCCCCCCC/C=C\CCCCCCCCCC)COC(=O)CCCCCCCCCCCCCCCCCCCCCC. The van der Waals surface area contributed by atoms with Crippen LogP contribution < -0.4 is 0 Å². The summed E-state index contributed by atoms with van der Waals surface area (Å²) in [5.74, 6) is -0.915. The van der Waals surface area contributed by atoms with Crippen molar-refractivity contribution in [3.8, 4) is 0 Å². The molecule has 0 bridgehead atoms. The second-order valence-electron chi connectivity index (χ2n) is 23.8. The molecule has 0 aliphatic carbocycles. The third kappa shape index (κ3) is 67.4. The zero-order valence-corrected chi connectivity index (χ0v) is 54.5. The molecule has 0 aromatic rings. The predicted octanol–water partition coefficient (Wildman–Crippen LogP) is 24.6. The predicted molar refractivity (Wildman–Crippen MR) is 358 cm³/mol. The van der Waals surface area contributed by atoms with Crippen LogP contribution in [0.5, 0.6) is 0 Å². The molecule has 0 heterocycles. The average Bonchev–Trinajstić information content (AvgIpc) is 3.47.